The number of nitrogens with zero attached hydrogens (tertiary/aromatic N) is 1. The van der Waals surface area contributed by atoms with Gasteiger partial charge >= 0.3 is 0 Å². The Kier molecular flexibility index (Phi) is 2.81. The fourth-order valence-corrected chi connectivity index (χ4v) is 2.40. The van der Waals surface area contributed by atoms with Crippen LogP contribution >= 0.6 is 0 Å². The lowest BCUT2D eigenvalue weighted by molar-refractivity contribution is 0.345. The fraction of sp³-hybridized carbons (Fsp3) is 0.357. The first-order valence-electron chi connectivity index (χ1n) is 6.04. The molecule has 0 atom stereocenters. The minimum atomic E-state index is 0.641. The molecule has 3 rings (SSSR count). The van der Waals surface area contributed by atoms with Gasteiger partial charge in [0.05, 0.1) is 39.0 Å². The fourth-order valence-electron chi connectivity index (χ4n) is 2.40. The lowest BCUT2D eigenvalue weighted by Crippen LogP contribution is -1.96. The predicted molar refractivity (Wildman–Crippen MR) is 70.6 cm³/mol. The van der Waals surface area contributed by atoms with Crippen LogP contribution < -0.4 is 18.9 Å². The molecule has 0 saturated carbocycles. The molecule has 1 aliphatic heterocycles. The molecule has 0 saturated heterocycles. The first-order valence-corrected chi connectivity index (χ1v) is 6.04. The van der Waals surface area contributed by atoms with Crippen LogP contribution in [-0.2, 0) is 6.42 Å². The van der Waals surface area contributed by atoms with E-state index in [1.165, 1.54) is 0 Å². The largest absolute Gasteiger partial charge is 0.496 e. The van der Waals surface area contributed by atoms with Gasteiger partial charge in [-0.2, -0.15) is 0 Å². The Morgan fingerprint density at radius 2 is 1.79 bits per heavy atom. The molecule has 0 amide bonds. The van der Waals surface area contributed by atoms with Crippen molar-refractivity contribution in [1.29, 1.82) is 0 Å². The molecule has 0 radical (unpaired) electrons. The molecule has 100 valence electrons. The van der Waals surface area contributed by atoms with Crippen LogP contribution in [0.1, 0.15) is 5.56 Å². The van der Waals surface area contributed by atoms with E-state index >= 15 is 0 Å². The first-order chi connectivity index (χ1) is 9.28. The Morgan fingerprint density at radius 1 is 1.05 bits per heavy atom. The van der Waals surface area contributed by atoms with Crippen LogP contribution in [0.4, 0.5) is 0 Å². The average Bonchev–Trinajstić information content (AvgIpc) is 2.90. The third-order valence-electron chi connectivity index (χ3n) is 3.30. The van der Waals surface area contributed by atoms with Gasteiger partial charge in [0.2, 0.25) is 5.88 Å². The predicted octanol–water partition coefficient (Wildman–Crippen LogP) is 2.20. The van der Waals surface area contributed by atoms with Gasteiger partial charge in [0, 0.05) is 17.9 Å². The van der Waals surface area contributed by atoms with E-state index in [9.17, 15) is 0 Å². The van der Waals surface area contributed by atoms with Gasteiger partial charge in [0.1, 0.15) is 5.75 Å². The quantitative estimate of drug-likeness (QED) is 0.847. The van der Waals surface area contributed by atoms with Crippen LogP contribution in [0.15, 0.2) is 12.1 Å². The van der Waals surface area contributed by atoms with Gasteiger partial charge in [0.15, 0.2) is 11.5 Å². The topological polar surface area (TPSA) is 49.8 Å². The SMILES string of the molecule is COc1cc2nc3c(c(OC)c2cc1OC)CCO3. The molecule has 5 nitrogen and oxygen atoms in total. The van der Waals surface area contributed by atoms with Crippen molar-refractivity contribution >= 4 is 10.9 Å². The molecule has 2 heterocycles. The highest BCUT2D eigenvalue weighted by atomic mass is 16.5. The second-order valence-corrected chi connectivity index (χ2v) is 4.25. The monoisotopic (exact) mass is 261 g/mol. The number of hydrogen-bond donors (Lipinski definition) is 0. The van der Waals surface area contributed by atoms with Gasteiger partial charge in [-0.1, -0.05) is 0 Å². The summed E-state index contributed by atoms with van der Waals surface area (Å²) in [4.78, 5) is 4.51. The summed E-state index contributed by atoms with van der Waals surface area (Å²) in [5.74, 6) is 2.76. The highest BCUT2D eigenvalue weighted by Gasteiger charge is 2.23. The van der Waals surface area contributed by atoms with E-state index in [0.29, 0.717) is 24.0 Å². The summed E-state index contributed by atoms with van der Waals surface area (Å²) >= 11 is 0. The summed E-state index contributed by atoms with van der Waals surface area (Å²) in [6.45, 7) is 0.642. The highest BCUT2D eigenvalue weighted by Crippen LogP contribution is 2.41. The van der Waals surface area contributed by atoms with E-state index in [4.69, 9.17) is 18.9 Å². The van der Waals surface area contributed by atoms with E-state index in [1.54, 1.807) is 21.3 Å². The maximum Gasteiger partial charge on any atom is 0.221 e. The number of benzene rings is 1. The zero-order valence-corrected chi connectivity index (χ0v) is 11.1. The number of hydrogen-bond acceptors (Lipinski definition) is 5. The van der Waals surface area contributed by atoms with E-state index < -0.39 is 0 Å². The molecule has 5 heteroatoms. The maximum atomic E-state index is 5.53. The first kappa shape index (κ1) is 11.9. The Morgan fingerprint density at radius 3 is 2.47 bits per heavy atom. The molecule has 0 unspecified atom stereocenters. The van der Waals surface area contributed by atoms with Crippen LogP contribution in [0.3, 0.4) is 0 Å². The van der Waals surface area contributed by atoms with Crippen molar-refractivity contribution in [3.8, 4) is 23.1 Å². The standard InChI is InChI=1S/C14H15NO4/c1-16-11-6-9-10(7-12(11)17-2)15-14-8(4-5-19-14)13(9)18-3/h6-7H,4-5H2,1-3H3. The Hall–Kier alpha value is -2.17. The summed E-state index contributed by atoms with van der Waals surface area (Å²) < 4.78 is 21.7. The second-order valence-electron chi connectivity index (χ2n) is 4.25. The third kappa shape index (κ3) is 1.73. The molecule has 1 aliphatic rings. The zero-order valence-electron chi connectivity index (χ0n) is 11.1. The van der Waals surface area contributed by atoms with Crippen LogP contribution in [0.5, 0.6) is 23.1 Å². The van der Waals surface area contributed by atoms with Gasteiger partial charge < -0.3 is 18.9 Å². The van der Waals surface area contributed by atoms with Crippen LogP contribution in [-0.4, -0.2) is 32.9 Å². The maximum absolute atomic E-state index is 5.53. The van der Waals surface area contributed by atoms with Crippen molar-refractivity contribution in [2.75, 3.05) is 27.9 Å². The van der Waals surface area contributed by atoms with Crippen molar-refractivity contribution in [3.63, 3.8) is 0 Å². The molecule has 1 aromatic carbocycles. The summed E-state index contributed by atoms with van der Waals surface area (Å²) in [5.41, 5.74) is 1.79. The number of methoxy groups -OCH3 is 3. The van der Waals surface area contributed by atoms with Gasteiger partial charge in [-0.05, 0) is 6.07 Å². The molecule has 0 spiro atoms. The van der Waals surface area contributed by atoms with E-state index in [1.807, 2.05) is 12.1 Å². The van der Waals surface area contributed by atoms with E-state index in [2.05, 4.69) is 4.98 Å². The van der Waals surface area contributed by atoms with Crippen LogP contribution in [0.2, 0.25) is 0 Å². The number of ether oxygens (including phenoxy) is 4. The minimum Gasteiger partial charge on any atom is -0.496 e. The summed E-state index contributed by atoms with van der Waals surface area (Å²) in [5, 5.41) is 0.907. The Bertz CT molecular complexity index is 639. The molecule has 0 bridgehead atoms. The molecule has 0 N–H and O–H groups in total. The molecular formula is C14H15NO4. The van der Waals surface area contributed by atoms with Crippen molar-refractivity contribution in [2.45, 2.75) is 6.42 Å². The number of rotatable bonds is 3. The minimum absolute atomic E-state index is 0.641. The molecular weight excluding hydrogens is 246 g/mol. The van der Waals surface area contributed by atoms with Crippen molar-refractivity contribution in [1.82, 2.24) is 4.98 Å². The molecule has 19 heavy (non-hydrogen) atoms. The Balaban J connectivity index is 2.34. The normalized spacial score (nSPS) is 13.0. The average molecular weight is 261 g/mol. The number of pyridine rings is 1. The smallest absolute Gasteiger partial charge is 0.221 e. The summed E-state index contributed by atoms with van der Waals surface area (Å²) in [6.07, 6.45) is 0.815. The molecule has 2 aromatic rings. The number of aromatic nitrogens is 1. The number of fused-ring (bicyclic) bond motifs is 2. The lowest BCUT2D eigenvalue weighted by Gasteiger charge is -2.13. The van der Waals surface area contributed by atoms with Gasteiger partial charge in [-0.3, -0.25) is 0 Å². The second kappa shape index (κ2) is 4.50. The van der Waals surface area contributed by atoms with Crippen LogP contribution in [0, 0.1) is 0 Å². The van der Waals surface area contributed by atoms with Gasteiger partial charge in [-0.15, -0.1) is 0 Å². The molecule has 0 aliphatic carbocycles. The van der Waals surface area contributed by atoms with Gasteiger partial charge in [-0.25, -0.2) is 4.98 Å². The summed E-state index contributed by atoms with van der Waals surface area (Å²) in [6, 6.07) is 3.72. The van der Waals surface area contributed by atoms with E-state index in [-0.39, 0.29) is 0 Å². The van der Waals surface area contributed by atoms with Crippen molar-refractivity contribution in [3.05, 3.63) is 17.7 Å². The Labute approximate surface area is 111 Å². The summed E-state index contributed by atoms with van der Waals surface area (Å²) in [7, 11) is 4.87. The van der Waals surface area contributed by atoms with E-state index in [0.717, 1.165) is 28.6 Å². The third-order valence-corrected chi connectivity index (χ3v) is 3.30. The van der Waals surface area contributed by atoms with Crippen molar-refractivity contribution < 1.29 is 18.9 Å². The van der Waals surface area contributed by atoms with Crippen molar-refractivity contribution in [2.24, 2.45) is 0 Å². The van der Waals surface area contributed by atoms with Gasteiger partial charge in [0.25, 0.3) is 0 Å². The molecule has 0 fully saturated rings. The van der Waals surface area contributed by atoms with Crippen LogP contribution in [0.25, 0.3) is 10.9 Å². The molecule has 1 aromatic heterocycles. The highest BCUT2D eigenvalue weighted by molar-refractivity contribution is 5.90. The zero-order chi connectivity index (χ0) is 13.4. The lowest BCUT2D eigenvalue weighted by atomic mass is 10.1.